The van der Waals surface area contributed by atoms with Crippen LogP contribution in [-0.4, -0.2) is 12.4 Å². The summed E-state index contributed by atoms with van der Waals surface area (Å²) in [5.74, 6) is 0.140. The smallest absolute Gasteiger partial charge is 0.166 e. The topological polar surface area (TPSA) is 26.3 Å². The summed E-state index contributed by atoms with van der Waals surface area (Å²) in [6.45, 7) is 4.32. The molecule has 78 valence electrons. The van der Waals surface area contributed by atoms with Crippen LogP contribution in [-0.2, 0) is 9.53 Å². The Morgan fingerprint density at radius 1 is 1.64 bits per heavy atom. The van der Waals surface area contributed by atoms with E-state index in [1.54, 1.807) is 11.3 Å². The monoisotopic (exact) mass is 276 g/mol. The van der Waals surface area contributed by atoms with Crippen molar-refractivity contribution in [1.29, 1.82) is 0 Å². The van der Waals surface area contributed by atoms with Crippen LogP contribution >= 0.6 is 27.3 Å². The Morgan fingerprint density at radius 2 is 2.36 bits per heavy atom. The van der Waals surface area contributed by atoms with Gasteiger partial charge in [-0.15, -0.1) is 11.3 Å². The summed E-state index contributed by atoms with van der Waals surface area (Å²) >= 11 is 4.91. The third-order valence-corrected chi connectivity index (χ3v) is 3.56. The predicted octanol–water partition coefficient (Wildman–Crippen LogP) is 3.57. The van der Waals surface area contributed by atoms with E-state index in [0.29, 0.717) is 13.0 Å². The average molecular weight is 277 g/mol. The maximum atomic E-state index is 11.6. The van der Waals surface area contributed by atoms with Crippen LogP contribution in [0.5, 0.6) is 0 Å². The van der Waals surface area contributed by atoms with Gasteiger partial charge in [-0.2, -0.15) is 0 Å². The zero-order chi connectivity index (χ0) is 10.6. The first-order valence-electron chi connectivity index (χ1n) is 4.57. The summed E-state index contributed by atoms with van der Waals surface area (Å²) in [4.78, 5) is 12.6. The van der Waals surface area contributed by atoms with E-state index in [-0.39, 0.29) is 11.9 Å². The van der Waals surface area contributed by atoms with Gasteiger partial charge >= 0.3 is 0 Å². The van der Waals surface area contributed by atoms with Gasteiger partial charge in [0.1, 0.15) is 6.10 Å². The molecule has 0 radical (unpaired) electrons. The summed E-state index contributed by atoms with van der Waals surface area (Å²) in [5, 5.41) is 1.96. The lowest BCUT2D eigenvalue weighted by Crippen LogP contribution is -2.13. The first kappa shape index (κ1) is 11.9. The lowest BCUT2D eigenvalue weighted by Gasteiger charge is -2.12. The molecule has 1 heterocycles. The van der Waals surface area contributed by atoms with E-state index in [1.165, 1.54) is 0 Å². The van der Waals surface area contributed by atoms with Gasteiger partial charge in [-0.3, -0.25) is 4.79 Å². The van der Waals surface area contributed by atoms with Crippen molar-refractivity contribution >= 4 is 33.0 Å². The number of hydrogen-bond acceptors (Lipinski definition) is 3. The minimum absolute atomic E-state index is 0.140. The Bertz CT molecular complexity index is 309. The molecule has 0 N–H and O–H groups in total. The minimum Gasteiger partial charge on any atom is -0.365 e. The van der Waals surface area contributed by atoms with Crippen LogP contribution in [0.3, 0.4) is 0 Å². The van der Waals surface area contributed by atoms with Gasteiger partial charge in [0.2, 0.25) is 0 Å². The summed E-state index contributed by atoms with van der Waals surface area (Å²) in [6, 6.07) is 1.94. The van der Waals surface area contributed by atoms with E-state index in [9.17, 15) is 4.79 Å². The highest BCUT2D eigenvalue weighted by Crippen LogP contribution is 2.29. The van der Waals surface area contributed by atoms with Gasteiger partial charge in [0.25, 0.3) is 0 Å². The first-order valence-corrected chi connectivity index (χ1v) is 6.24. The fourth-order valence-corrected chi connectivity index (χ4v) is 2.66. The van der Waals surface area contributed by atoms with Crippen LogP contribution in [0.1, 0.15) is 31.2 Å². The number of hydrogen-bond donors (Lipinski definition) is 0. The Labute approximate surface area is 96.4 Å². The van der Waals surface area contributed by atoms with E-state index in [0.717, 1.165) is 9.35 Å². The fraction of sp³-hybridized carbons (Fsp3) is 0.500. The second kappa shape index (κ2) is 5.63. The lowest BCUT2D eigenvalue weighted by atomic mass is 10.1. The van der Waals surface area contributed by atoms with Crippen LogP contribution in [0.2, 0.25) is 0 Å². The Hall–Kier alpha value is -0.190. The molecular formula is C10H13BrO2S. The SMILES string of the molecule is CCOC(C(=O)CC)c1cc(Br)cs1. The van der Waals surface area contributed by atoms with Gasteiger partial charge in [0, 0.05) is 27.8 Å². The van der Waals surface area contributed by atoms with E-state index in [2.05, 4.69) is 15.9 Å². The second-order valence-electron chi connectivity index (χ2n) is 2.82. The molecule has 0 bridgehead atoms. The molecule has 0 aliphatic rings. The van der Waals surface area contributed by atoms with Crippen molar-refractivity contribution in [1.82, 2.24) is 0 Å². The molecule has 0 aromatic carbocycles. The molecule has 1 aromatic rings. The molecule has 2 nitrogen and oxygen atoms in total. The number of halogens is 1. The summed E-state index contributed by atoms with van der Waals surface area (Å²) in [7, 11) is 0. The van der Waals surface area contributed by atoms with Crippen molar-refractivity contribution < 1.29 is 9.53 Å². The van der Waals surface area contributed by atoms with Crippen molar-refractivity contribution in [2.45, 2.75) is 26.4 Å². The zero-order valence-corrected chi connectivity index (χ0v) is 10.7. The fourth-order valence-electron chi connectivity index (χ4n) is 1.15. The number of rotatable bonds is 5. The molecule has 4 heteroatoms. The molecule has 1 atom stereocenters. The molecule has 0 amide bonds. The molecule has 0 spiro atoms. The van der Waals surface area contributed by atoms with Crippen molar-refractivity contribution in [2.75, 3.05) is 6.61 Å². The Balaban J connectivity index is 2.82. The van der Waals surface area contributed by atoms with E-state index < -0.39 is 0 Å². The third kappa shape index (κ3) is 2.90. The molecule has 0 aliphatic carbocycles. The third-order valence-electron chi connectivity index (χ3n) is 1.82. The predicted molar refractivity (Wildman–Crippen MR) is 61.7 cm³/mol. The molecule has 0 fully saturated rings. The number of carbonyl (C=O) groups is 1. The molecule has 1 rings (SSSR count). The molecule has 0 saturated carbocycles. The minimum atomic E-state index is -0.374. The van der Waals surface area contributed by atoms with Crippen molar-refractivity contribution in [3.05, 3.63) is 20.8 Å². The molecule has 1 unspecified atom stereocenters. The normalized spacial score (nSPS) is 12.8. The van der Waals surface area contributed by atoms with Crippen LogP contribution in [0.15, 0.2) is 15.9 Å². The van der Waals surface area contributed by atoms with Gasteiger partial charge in [-0.1, -0.05) is 6.92 Å². The Morgan fingerprint density at radius 3 is 2.79 bits per heavy atom. The maximum Gasteiger partial charge on any atom is 0.166 e. The zero-order valence-electron chi connectivity index (χ0n) is 8.25. The quantitative estimate of drug-likeness (QED) is 0.822. The van der Waals surface area contributed by atoms with Crippen LogP contribution in [0.25, 0.3) is 0 Å². The van der Waals surface area contributed by atoms with Crippen molar-refractivity contribution in [2.24, 2.45) is 0 Å². The van der Waals surface area contributed by atoms with Crippen LogP contribution in [0.4, 0.5) is 0 Å². The standard InChI is InChI=1S/C10H13BrO2S/c1-3-8(12)10(13-4-2)9-5-7(11)6-14-9/h5-6,10H,3-4H2,1-2H3. The molecular weight excluding hydrogens is 264 g/mol. The van der Waals surface area contributed by atoms with Gasteiger partial charge in [-0.05, 0) is 28.9 Å². The number of ether oxygens (including phenoxy) is 1. The summed E-state index contributed by atoms with van der Waals surface area (Å²) < 4.78 is 6.44. The first-order chi connectivity index (χ1) is 6.69. The molecule has 1 aromatic heterocycles. The number of carbonyl (C=O) groups excluding carboxylic acids is 1. The molecule has 0 aliphatic heterocycles. The summed E-state index contributed by atoms with van der Waals surface area (Å²) in [5.41, 5.74) is 0. The number of Topliss-reactive ketones (excluding diaryl/α,β-unsaturated/α-hetero) is 1. The van der Waals surface area contributed by atoms with Crippen molar-refractivity contribution in [3.63, 3.8) is 0 Å². The van der Waals surface area contributed by atoms with Gasteiger partial charge in [0.05, 0.1) is 0 Å². The van der Waals surface area contributed by atoms with E-state index >= 15 is 0 Å². The number of thiophene rings is 1. The Kier molecular flexibility index (Phi) is 4.78. The highest BCUT2D eigenvalue weighted by atomic mass is 79.9. The van der Waals surface area contributed by atoms with Gasteiger partial charge < -0.3 is 4.74 Å². The number of ketones is 1. The maximum absolute atomic E-state index is 11.6. The van der Waals surface area contributed by atoms with Crippen LogP contribution in [0, 0.1) is 0 Å². The second-order valence-corrected chi connectivity index (χ2v) is 4.68. The van der Waals surface area contributed by atoms with E-state index in [1.807, 2.05) is 25.3 Å². The largest absolute Gasteiger partial charge is 0.365 e. The van der Waals surface area contributed by atoms with Crippen LogP contribution < -0.4 is 0 Å². The molecule has 14 heavy (non-hydrogen) atoms. The highest BCUT2D eigenvalue weighted by Gasteiger charge is 2.20. The van der Waals surface area contributed by atoms with Gasteiger partial charge in [0.15, 0.2) is 5.78 Å². The van der Waals surface area contributed by atoms with E-state index in [4.69, 9.17) is 4.74 Å². The van der Waals surface area contributed by atoms with Crippen molar-refractivity contribution in [3.8, 4) is 0 Å². The van der Waals surface area contributed by atoms with Gasteiger partial charge in [-0.25, -0.2) is 0 Å². The summed E-state index contributed by atoms with van der Waals surface area (Å²) in [6.07, 6.45) is 0.140. The lowest BCUT2D eigenvalue weighted by molar-refractivity contribution is -0.130. The molecule has 0 saturated heterocycles. The average Bonchev–Trinajstić information content (AvgIpc) is 2.60. The highest BCUT2D eigenvalue weighted by molar-refractivity contribution is 9.10.